The molecule has 0 bridgehead atoms. The molecule has 6 nitrogen and oxygen atoms in total. The van der Waals surface area contributed by atoms with Crippen LogP contribution in [0.2, 0.25) is 0 Å². The molecule has 0 saturated carbocycles. The Bertz CT molecular complexity index is 256. The van der Waals surface area contributed by atoms with Gasteiger partial charge in [-0.25, -0.2) is 9.59 Å². The second kappa shape index (κ2) is 7.89. The molecule has 0 radical (unpaired) electrons. The smallest absolute Gasteiger partial charge is 0.326 e. The monoisotopic (exact) mass is 246 g/mol. The van der Waals surface area contributed by atoms with Gasteiger partial charge in [0.1, 0.15) is 6.04 Å². The van der Waals surface area contributed by atoms with E-state index < -0.39 is 18.0 Å². The molecule has 0 aliphatic carbocycles. The molecule has 0 spiro atoms. The van der Waals surface area contributed by atoms with Gasteiger partial charge in [0, 0.05) is 13.2 Å². The summed E-state index contributed by atoms with van der Waals surface area (Å²) in [5.41, 5.74) is 0. The Kier molecular flexibility index (Phi) is 7.29. The van der Waals surface area contributed by atoms with E-state index >= 15 is 0 Å². The van der Waals surface area contributed by atoms with Crippen LogP contribution in [0.15, 0.2) is 0 Å². The lowest BCUT2D eigenvalue weighted by molar-refractivity contribution is -0.140. The van der Waals surface area contributed by atoms with Gasteiger partial charge in [-0.1, -0.05) is 13.8 Å². The molecule has 0 heterocycles. The van der Waals surface area contributed by atoms with Crippen LogP contribution in [0.4, 0.5) is 4.79 Å². The van der Waals surface area contributed by atoms with E-state index in [2.05, 4.69) is 10.6 Å². The highest BCUT2D eigenvalue weighted by Gasteiger charge is 2.23. The molecule has 0 saturated heterocycles. The molecule has 0 aromatic heterocycles. The van der Waals surface area contributed by atoms with E-state index in [0.29, 0.717) is 13.2 Å². The summed E-state index contributed by atoms with van der Waals surface area (Å²) in [5, 5.41) is 13.9. The molecule has 0 aliphatic rings. The Balaban J connectivity index is 4.03. The number of nitrogens with one attached hydrogen (secondary N) is 2. The number of carboxylic acids is 1. The first-order chi connectivity index (χ1) is 7.88. The third kappa shape index (κ3) is 6.78. The molecule has 2 amide bonds. The maximum Gasteiger partial charge on any atom is 0.326 e. The topological polar surface area (TPSA) is 87.7 Å². The van der Waals surface area contributed by atoms with Gasteiger partial charge in [-0.3, -0.25) is 0 Å². The van der Waals surface area contributed by atoms with E-state index in [1.165, 1.54) is 0 Å². The first kappa shape index (κ1) is 15.7. The number of urea groups is 1. The lowest BCUT2D eigenvalue weighted by Crippen LogP contribution is -2.49. The normalized spacial score (nSPS) is 14.2. The Morgan fingerprint density at radius 1 is 1.29 bits per heavy atom. The van der Waals surface area contributed by atoms with Crippen molar-refractivity contribution in [2.75, 3.05) is 13.2 Å². The number of rotatable bonds is 7. The van der Waals surface area contributed by atoms with E-state index in [1.54, 1.807) is 13.8 Å². The van der Waals surface area contributed by atoms with E-state index in [0.717, 1.165) is 0 Å². The number of carboxylic acid groups (broad SMARTS) is 1. The van der Waals surface area contributed by atoms with E-state index in [9.17, 15) is 9.59 Å². The van der Waals surface area contributed by atoms with Crippen molar-refractivity contribution in [2.24, 2.45) is 5.92 Å². The zero-order chi connectivity index (χ0) is 13.4. The van der Waals surface area contributed by atoms with Gasteiger partial charge < -0.3 is 20.5 Å². The number of hydrogen-bond acceptors (Lipinski definition) is 3. The van der Waals surface area contributed by atoms with Crippen LogP contribution >= 0.6 is 0 Å². The minimum Gasteiger partial charge on any atom is -0.480 e. The largest absolute Gasteiger partial charge is 0.480 e. The van der Waals surface area contributed by atoms with E-state index in [-0.39, 0.29) is 12.0 Å². The van der Waals surface area contributed by atoms with Gasteiger partial charge in [-0.15, -0.1) is 0 Å². The van der Waals surface area contributed by atoms with Crippen LogP contribution in [0, 0.1) is 5.92 Å². The standard InChI is InChI=1S/C11H22N2O4/c1-5-17-8(4)6-12-11(16)13-9(7(2)3)10(14)15/h7-9H,5-6H2,1-4H3,(H,14,15)(H2,12,13,16)/t8?,9-/m1/s1. The van der Waals surface area contributed by atoms with Gasteiger partial charge in [0.2, 0.25) is 0 Å². The number of amides is 2. The highest BCUT2D eigenvalue weighted by molar-refractivity contribution is 5.82. The molecule has 17 heavy (non-hydrogen) atoms. The van der Waals surface area contributed by atoms with Crippen molar-refractivity contribution < 1.29 is 19.4 Å². The third-order valence-electron chi connectivity index (χ3n) is 2.22. The maximum atomic E-state index is 11.4. The van der Waals surface area contributed by atoms with Crippen molar-refractivity contribution in [3.63, 3.8) is 0 Å². The zero-order valence-corrected chi connectivity index (χ0v) is 10.8. The van der Waals surface area contributed by atoms with Gasteiger partial charge in [-0.05, 0) is 19.8 Å². The van der Waals surface area contributed by atoms with Crippen molar-refractivity contribution in [1.82, 2.24) is 10.6 Å². The van der Waals surface area contributed by atoms with Crippen LogP contribution in [0.1, 0.15) is 27.7 Å². The number of hydrogen-bond donors (Lipinski definition) is 3. The average molecular weight is 246 g/mol. The van der Waals surface area contributed by atoms with Gasteiger partial charge in [-0.2, -0.15) is 0 Å². The summed E-state index contributed by atoms with van der Waals surface area (Å²) < 4.78 is 5.23. The van der Waals surface area contributed by atoms with Crippen molar-refractivity contribution in [1.29, 1.82) is 0 Å². The summed E-state index contributed by atoms with van der Waals surface area (Å²) in [6.07, 6.45) is -0.0897. The Labute approximate surface area is 102 Å². The quantitative estimate of drug-likeness (QED) is 0.620. The first-order valence-corrected chi connectivity index (χ1v) is 5.77. The van der Waals surface area contributed by atoms with Crippen LogP contribution in [-0.2, 0) is 9.53 Å². The molecule has 2 atom stereocenters. The molecule has 0 fully saturated rings. The van der Waals surface area contributed by atoms with Crippen LogP contribution in [0.25, 0.3) is 0 Å². The first-order valence-electron chi connectivity index (χ1n) is 5.77. The highest BCUT2D eigenvalue weighted by atomic mass is 16.5. The minimum atomic E-state index is -1.03. The number of carbonyl (C=O) groups excluding carboxylic acids is 1. The van der Waals surface area contributed by atoms with Crippen LogP contribution < -0.4 is 10.6 Å². The molecule has 0 aromatic carbocycles. The SMILES string of the molecule is CCOC(C)CNC(=O)N[C@@H](C(=O)O)C(C)C. The second-order valence-corrected chi connectivity index (χ2v) is 4.18. The predicted octanol–water partition coefficient (Wildman–Crippen LogP) is 0.820. The fourth-order valence-electron chi connectivity index (χ4n) is 1.29. The molecular weight excluding hydrogens is 224 g/mol. The lowest BCUT2D eigenvalue weighted by atomic mass is 10.1. The molecule has 3 N–H and O–H groups in total. The average Bonchev–Trinajstić information content (AvgIpc) is 2.22. The van der Waals surface area contributed by atoms with Gasteiger partial charge in [0.05, 0.1) is 6.10 Å². The summed E-state index contributed by atoms with van der Waals surface area (Å²) in [4.78, 5) is 22.3. The predicted molar refractivity (Wildman–Crippen MR) is 63.9 cm³/mol. The number of carbonyl (C=O) groups is 2. The maximum absolute atomic E-state index is 11.4. The number of aliphatic carboxylic acids is 1. The van der Waals surface area contributed by atoms with Crippen molar-refractivity contribution in [2.45, 2.75) is 39.8 Å². The Morgan fingerprint density at radius 3 is 2.29 bits per heavy atom. The summed E-state index contributed by atoms with van der Waals surface area (Å²) in [6.45, 7) is 8.11. The molecule has 6 heteroatoms. The molecule has 1 unspecified atom stereocenters. The van der Waals surface area contributed by atoms with Gasteiger partial charge >= 0.3 is 12.0 Å². The Hall–Kier alpha value is -1.30. The Morgan fingerprint density at radius 2 is 1.88 bits per heavy atom. The van der Waals surface area contributed by atoms with Gasteiger partial charge in [0.25, 0.3) is 0 Å². The molecule has 0 aliphatic heterocycles. The summed E-state index contributed by atoms with van der Waals surface area (Å²) in [6, 6.07) is -1.37. The lowest BCUT2D eigenvalue weighted by Gasteiger charge is -2.19. The van der Waals surface area contributed by atoms with Crippen molar-refractivity contribution in [3.8, 4) is 0 Å². The van der Waals surface area contributed by atoms with E-state index in [1.807, 2.05) is 13.8 Å². The van der Waals surface area contributed by atoms with E-state index in [4.69, 9.17) is 9.84 Å². The molecule has 0 rings (SSSR count). The molecule has 0 aromatic rings. The van der Waals surface area contributed by atoms with Gasteiger partial charge in [0.15, 0.2) is 0 Å². The zero-order valence-electron chi connectivity index (χ0n) is 10.8. The highest BCUT2D eigenvalue weighted by Crippen LogP contribution is 2.01. The fourth-order valence-corrected chi connectivity index (χ4v) is 1.29. The fraction of sp³-hybridized carbons (Fsp3) is 0.818. The third-order valence-corrected chi connectivity index (χ3v) is 2.22. The van der Waals surface area contributed by atoms with Crippen molar-refractivity contribution >= 4 is 12.0 Å². The van der Waals surface area contributed by atoms with Crippen molar-refractivity contribution in [3.05, 3.63) is 0 Å². The van der Waals surface area contributed by atoms with Crippen LogP contribution in [0.5, 0.6) is 0 Å². The number of ether oxygens (including phenoxy) is 1. The van der Waals surface area contributed by atoms with Crippen LogP contribution in [-0.4, -0.2) is 42.4 Å². The van der Waals surface area contributed by atoms with Crippen LogP contribution in [0.3, 0.4) is 0 Å². The second-order valence-electron chi connectivity index (χ2n) is 4.18. The summed E-state index contributed by atoms with van der Waals surface area (Å²) in [5.74, 6) is -1.20. The molecular formula is C11H22N2O4. The molecule has 100 valence electrons. The summed E-state index contributed by atoms with van der Waals surface area (Å²) in [7, 11) is 0. The minimum absolute atomic E-state index is 0.0897. The summed E-state index contributed by atoms with van der Waals surface area (Å²) >= 11 is 0.